The molecule has 0 spiro atoms. The van der Waals surface area contributed by atoms with Gasteiger partial charge in [0.2, 0.25) is 5.91 Å². The van der Waals surface area contributed by atoms with Crippen LogP contribution in [0.25, 0.3) is 11.1 Å². The van der Waals surface area contributed by atoms with E-state index in [1.165, 1.54) is 11.1 Å². The minimum absolute atomic E-state index is 0.0171. The molecule has 0 radical (unpaired) electrons. The standard InChI is InChI=1S/C27H32N2O6/c1-27(2,25(31)32)12-13-28-24(30)23-17(11-14-34-23)15-29-26(33)35-16-22-20-9-5-3-7-18(20)19-8-4-6-10-21(19)22/h3-10,17,22-23H,11-16H2,1-2H3,(H,28,30)(H,29,33)(H,31,32)/t17-,23-/m0/s1. The van der Waals surface area contributed by atoms with Crippen LogP contribution in [0, 0.1) is 11.3 Å². The molecular weight excluding hydrogens is 448 g/mol. The van der Waals surface area contributed by atoms with Crippen molar-refractivity contribution < 1.29 is 29.0 Å². The lowest BCUT2D eigenvalue weighted by Gasteiger charge is -2.21. The fraction of sp³-hybridized carbons (Fsp3) is 0.444. The summed E-state index contributed by atoms with van der Waals surface area (Å²) in [6.07, 6.45) is -0.260. The number of hydrogen-bond donors (Lipinski definition) is 3. The molecule has 1 aliphatic heterocycles. The summed E-state index contributed by atoms with van der Waals surface area (Å²) in [5, 5.41) is 14.7. The molecule has 8 nitrogen and oxygen atoms in total. The lowest BCUT2D eigenvalue weighted by Crippen LogP contribution is -2.43. The molecule has 2 aromatic carbocycles. The summed E-state index contributed by atoms with van der Waals surface area (Å²) in [5.41, 5.74) is 3.71. The van der Waals surface area contributed by atoms with Gasteiger partial charge in [-0.15, -0.1) is 0 Å². The van der Waals surface area contributed by atoms with Gasteiger partial charge in [-0.2, -0.15) is 0 Å². The molecule has 3 N–H and O–H groups in total. The maximum Gasteiger partial charge on any atom is 0.407 e. The van der Waals surface area contributed by atoms with Crippen molar-refractivity contribution in [2.24, 2.45) is 11.3 Å². The first-order chi connectivity index (χ1) is 16.8. The number of ether oxygens (including phenoxy) is 2. The molecule has 2 aromatic rings. The first-order valence-electron chi connectivity index (χ1n) is 12.0. The van der Waals surface area contributed by atoms with E-state index in [9.17, 15) is 19.5 Å². The molecule has 1 aliphatic carbocycles. The second-order valence-corrected chi connectivity index (χ2v) is 9.78. The van der Waals surface area contributed by atoms with Crippen molar-refractivity contribution in [1.82, 2.24) is 10.6 Å². The summed E-state index contributed by atoms with van der Waals surface area (Å²) in [7, 11) is 0. The largest absolute Gasteiger partial charge is 0.481 e. The van der Waals surface area contributed by atoms with E-state index < -0.39 is 23.6 Å². The van der Waals surface area contributed by atoms with Crippen LogP contribution in [0.4, 0.5) is 4.79 Å². The number of carboxylic acid groups (broad SMARTS) is 1. The zero-order chi connectivity index (χ0) is 25.0. The summed E-state index contributed by atoms with van der Waals surface area (Å²) in [6.45, 7) is 4.39. The quantitative estimate of drug-likeness (QED) is 0.506. The van der Waals surface area contributed by atoms with Crippen molar-refractivity contribution in [3.8, 4) is 11.1 Å². The molecule has 0 saturated carbocycles. The van der Waals surface area contributed by atoms with Gasteiger partial charge in [0, 0.05) is 31.5 Å². The molecule has 4 rings (SSSR count). The third-order valence-corrected chi connectivity index (χ3v) is 6.95. The Bertz CT molecular complexity index is 1050. The predicted molar refractivity (Wildman–Crippen MR) is 130 cm³/mol. The maximum atomic E-state index is 12.6. The summed E-state index contributed by atoms with van der Waals surface area (Å²) in [4.78, 5) is 36.3. The van der Waals surface area contributed by atoms with Gasteiger partial charge in [-0.25, -0.2) is 4.79 Å². The lowest BCUT2D eigenvalue weighted by molar-refractivity contribution is -0.147. The molecule has 0 bridgehead atoms. The van der Waals surface area contributed by atoms with Crippen LogP contribution in [-0.2, 0) is 19.1 Å². The zero-order valence-corrected chi connectivity index (χ0v) is 20.1. The van der Waals surface area contributed by atoms with Gasteiger partial charge in [0.05, 0.1) is 5.41 Å². The van der Waals surface area contributed by atoms with Crippen LogP contribution in [0.15, 0.2) is 48.5 Å². The Morgan fingerprint density at radius 2 is 1.66 bits per heavy atom. The number of benzene rings is 2. The highest BCUT2D eigenvalue weighted by molar-refractivity contribution is 5.82. The predicted octanol–water partition coefficient (Wildman–Crippen LogP) is 3.55. The average Bonchev–Trinajstić information content (AvgIpc) is 3.44. The van der Waals surface area contributed by atoms with E-state index in [1.54, 1.807) is 13.8 Å². The van der Waals surface area contributed by atoms with Crippen LogP contribution >= 0.6 is 0 Å². The second-order valence-electron chi connectivity index (χ2n) is 9.78. The highest BCUT2D eigenvalue weighted by atomic mass is 16.5. The number of carbonyl (C=O) groups is 3. The van der Waals surface area contributed by atoms with E-state index in [1.807, 2.05) is 24.3 Å². The van der Waals surface area contributed by atoms with Crippen LogP contribution in [0.3, 0.4) is 0 Å². The second kappa shape index (κ2) is 10.5. The van der Waals surface area contributed by atoms with Gasteiger partial charge in [-0.1, -0.05) is 48.5 Å². The normalized spacial score (nSPS) is 19.0. The first-order valence-corrected chi connectivity index (χ1v) is 12.0. The van der Waals surface area contributed by atoms with Crippen LogP contribution in [-0.4, -0.2) is 55.5 Å². The average molecular weight is 481 g/mol. The van der Waals surface area contributed by atoms with E-state index in [-0.39, 0.29) is 37.4 Å². The number of nitrogens with one attached hydrogen (secondary N) is 2. The Kier molecular flexibility index (Phi) is 7.40. The Balaban J connectivity index is 1.26. The molecule has 2 amide bonds. The summed E-state index contributed by atoms with van der Waals surface area (Å²) in [5.74, 6) is -1.39. The van der Waals surface area contributed by atoms with Crippen molar-refractivity contribution in [2.45, 2.75) is 38.7 Å². The third kappa shape index (κ3) is 5.48. The first kappa shape index (κ1) is 24.7. The molecule has 8 heteroatoms. The Labute approximate surface area is 205 Å². The number of amides is 2. The maximum absolute atomic E-state index is 12.6. The van der Waals surface area contributed by atoms with E-state index in [0.717, 1.165) is 11.1 Å². The van der Waals surface area contributed by atoms with E-state index in [0.29, 0.717) is 19.4 Å². The van der Waals surface area contributed by atoms with Crippen molar-refractivity contribution in [3.05, 3.63) is 59.7 Å². The van der Waals surface area contributed by atoms with Gasteiger partial charge in [-0.05, 0) is 48.9 Å². The minimum atomic E-state index is -0.922. The molecule has 0 unspecified atom stereocenters. The van der Waals surface area contributed by atoms with Crippen LogP contribution in [0.2, 0.25) is 0 Å². The molecule has 1 fully saturated rings. The molecule has 1 saturated heterocycles. The van der Waals surface area contributed by atoms with Crippen LogP contribution < -0.4 is 10.6 Å². The highest BCUT2D eigenvalue weighted by Crippen LogP contribution is 2.44. The fourth-order valence-electron chi connectivity index (χ4n) is 4.70. The van der Waals surface area contributed by atoms with Crippen LogP contribution in [0.1, 0.15) is 43.7 Å². The van der Waals surface area contributed by atoms with Gasteiger partial charge >= 0.3 is 12.1 Å². The van der Waals surface area contributed by atoms with E-state index >= 15 is 0 Å². The molecule has 2 aliphatic rings. The zero-order valence-electron chi connectivity index (χ0n) is 20.1. The number of aliphatic carboxylic acids is 1. The number of rotatable bonds is 9. The Hall–Kier alpha value is -3.39. The van der Waals surface area contributed by atoms with Gasteiger partial charge < -0.3 is 25.2 Å². The Morgan fingerprint density at radius 1 is 1.03 bits per heavy atom. The monoisotopic (exact) mass is 480 g/mol. The summed E-state index contributed by atoms with van der Waals surface area (Å²) >= 11 is 0. The van der Waals surface area contributed by atoms with Crippen molar-refractivity contribution in [1.29, 1.82) is 0 Å². The topological polar surface area (TPSA) is 114 Å². The van der Waals surface area contributed by atoms with E-state index in [4.69, 9.17) is 9.47 Å². The number of carbonyl (C=O) groups excluding carboxylic acids is 2. The summed E-state index contributed by atoms with van der Waals surface area (Å²) in [6, 6.07) is 16.3. The van der Waals surface area contributed by atoms with Gasteiger partial charge in [0.25, 0.3) is 0 Å². The minimum Gasteiger partial charge on any atom is -0.481 e. The lowest BCUT2D eigenvalue weighted by atomic mass is 9.89. The molecule has 186 valence electrons. The van der Waals surface area contributed by atoms with Gasteiger partial charge in [0.1, 0.15) is 12.7 Å². The van der Waals surface area contributed by atoms with Crippen LogP contribution in [0.5, 0.6) is 0 Å². The summed E-state index contributed by atoms with van der Waals surface area (Å²) < 4.78 is 11.2. The van der Waals surface area contributed by atoms with Crippen molar-refractivity contribution in [3.63, 3.8) is 0 Å². The number of alkyl carbamates (subject to hydrolysis) is 1. The molecule has 1 heterocycles. The highest BCUT2D eigenvalue weighted by Gasteiger charge is 2.35. The number of hydrogen-bond acceptors (Lipinski definition) is 5. The third-order valence-electron chi connectivity index (χ3n) is 6.95. The van der Waals surface area contributed by atoms with Crippen molar-refractivity contribution in [2.75, 3.05) is 26.3 Å². The molecular formula is C27H32N2O6. The fourth-order valence-corrected chi connectivity index (χ4v) is 4.70. The number of fused-ring (bicyclic) bond motifs is 3. The molecule has 2 atom stereocenters. The van der Waals surface area contributed by atoms with Crippen molar-refractivity contribution >= 4 is 18.0 Å². The Morgan fingerprint density at radius 3 is 2.29 bits per heavy atom. The van der Waals surface area contributed by atoms with E-state index in [2.05, 4.69) is 34.9 Å². The van der Waals surface area contributed by atoms with Gasteiger partial charge in [-0.3, -0.25) is 9.59 Å². The SMILES string of the molecule is CC(C)(CCNC(=O)[C@H]1OCC[C@H]1CNC(=O)OCC1c2ccccc2-c2ccccc21)C(=O)O. The smallest absolute Gasteiger partial charge is 0.407 e. The number of carboxylic acids is 1. The van der Waals surface area contributed by atoms with Gasteiger partial charge in [0.15, 0.2) is 0 Å². The molecule has 35 heavy (non-hydrogen) atoms. The molecule has 0 aromatic heterocycles.